The van der Waals surface area contributed by atoms with E-state index in [1.54, 1.807) is 6.08 Å². The second-order valence-electron chi connectivity index (χ2n) is 24.2. The van der Waals surface area contributed by atoms with Crippen molar-refractivity contribution in [3.63, 3.8) is 0 Å². The molecule has 9 heteroatoms. The van der Waals surface area contributed by atoms with Crippen LogP contribution < -0.4 is 5.32 Å². The number of hydrogen-bond acceptors (Lipinski definition) is 5. The summed E-state index contributed by atoms with van der Waals surface area (Å²) in [5.41, 5.74) is 0. The van der Waals surface area contributed by atoms with Crippen LogP contribution in [-0.2, 0) is 18.4 Å². The van der Waals surface area contributed by atoms with Gasteiger partial charge in [-0.05, 0) is 64.2 Å². The molecule has 0 aromatic heterocycles. The van der Waals surface area contributed by atoms with Crippen molar-refractivity contribution in [2.45, 2.75) is 341 Å². The fourth-order valence-corrected chi connectivity index (χ4v) is 10.8. The largest absolute Gasteiger partial charge is 0.472 e. The molecule has 0 saturated heterocycles. The van der Waals surface area contributed by atoms with Gasteiger partial charge in [-0.2, -0.15) is 0 Å². The van der Waals surface area contributed by atoms with Crippen LogP contribution in [0.25, 0.3) is 0 Å². The number of allylic oxidation sites excluding steroid dienone is 7. The molecule has 3 atom stereocenters. The summed E-state index contributed by atoms with van der Waals surface area (Å²) in [5.74, 6) is -0.182. The quantitative estimate of drug-likeness (QED) is 0.0243. The van der Waals surface area contributed by atoms with E-state index in [1.165, 1.54) is 263 Å². The third-order valence-electron chi connectivity index (χ3n) is 15.3. The van der Waals surface area contributed by atoms with Gasteiger partial charge in [-0.3, -0.25) is 13.8 Å². The molecule has 1 amide bonds. The first kappa shape index (κ1) is 75.5. The SMILES string of the molecule is CCCCCCCCCCCCC/C=C\C/C=C\CCCCCCCCCCCCCCCCCCCC(=O)NC(COP(=O)(O)OCC[N+](C)(C)C)C(O)/C=C/CC/C=C/CCCCCCCCCCCCCCCC. The second-order valence-corrected chi connectivity index (χ2v) is 25.6. The molecule has 0 aromatic carbocycles. The Morgan fingerprint density at radius 1 is 0.442 bits per heavy atom. The first-order chi connectivity index (χ1) is 37.5. The number of likely N-dealkylation sites (N-methyl/N-ethyl adjacent to an activating group) is 1. The first-order valence-electron chi connectivity index (χ1n) is 33.5. The standard InChI is InChI=1S/C68H131N2O6P/c1-6-8-10-12-14-16-18-20-22-24-26-28-29-30-31-32-33-34-35-36-37-38-39-40-41-42-44-46-48-50-52-54-56-58-60-62-68(72)69-66(65-76-77(73,74)75-64-63-70(3,4)5)67(71)61-59-57-55-53-51-49-47-45-43-27-25-23-21-19-17-15-13-11-9-7-2/h29-30,32-33,51,53,59,61,66-67,71H,6-28,31,34-50,52,54-58,60,62-65H2,1-5H3,(H-,69,72,73,74)/p+1/b30-29-,33-32-,53-51+,61-59+. The molecule has 454 valence electrons. The maximum absolute atomic E-state index is 13.0. The average molecular weight is 1100 g/mol. The zero-order chi connectivity index (χ0) is 56.3. The lowest BCUT2D eigenvalue weighted by Crippen LogP contribution is -2.45. The number of quaternary nitrogens is 1. The number of phosphoric ester groups is 1. The molecule has 0 fully saturated rings. The van der Waals surface area contributed by atoms with Crippen molar-refractivity contribution < 1.29 is 32.9 Å². The van der Waals surface area contributed by atoms with Crippen LogP contribution in [0.3, 0.4) is 0 Å². The molecule has 3 unspecified atom stereocenters. The molecule has 0 aromatic rings. The highest BCUT2D eigenvalue weighted by molar-refractivity contribution is 7.47. The number of phosphoric acid groups is 1. The van der Waals surface area contributed by atoms with Crippen LogP contribution in [0.15, 0.2) is 48.6 Å². The molecule has 0 bridgehead atoms. The normalized spacial score (nSPS) is 14.0. The molecular weight excluding hydrogens is 972 g/mol. The van der Waals surface area contributed by atoms with Crippen LogP contribution in [0, 0.1) is 0 Å². The zero-order valence-electron chi connectivity index (χ0n) is 52.0. The van der Waals surface area contributed by atoms with Gasteiger partial charge < -0.3 is 19.8 Å². The average Bonchev–Trinajstić information content (AvgIpc) is 3.39. The predicted octanol–water partition coefficient (Wildman–Crippen LogP) is 21.1. The number of aliphatic hydroxyl groups is 1. The van der Waals surface area contributed by atoms with Gasteiger partial charge in [0.25, 0.3) is 0 Å². The molecule has 0 rings (SSSR count). The fraction of sp³-hybridized carbons (Fsp3) is 0.868. The summed E-state index contributed by atoms with van der Waals surface area (Å²) in [4.78, 5) is 23.4. The van der Waals surface area contributed by atoms with Gasteiger partial charge in [0.1, 0.15) is 13.2 Å². The number of unbranched alkanes of at least 4 members (excludes halogenated alkanes) is 43. The van der Waals surface area contributed by atoms with Crippen LogP contribution >= 0.6 is 7.82 Å². The minimum absolute atomic E-state index is 0.0567. The molecule has 0 saturated carbocycles. The summed E-state index contributed by atoms with van der Waals surface area (Å²) in [6, 6.07) is -0.864. The Morgan fingerprint density at radius 2 is 0.753 bits per heavy atom. The van der Waals surface area contributed by atoms with Crippen LogP contribution in [0.5, 0.6) is 0 Å². The lowest BCUT2D eigenvalue weighted by molar-refractivity contribution is -0.870. The van der Waals surface area contributed by atoms with Crippen molar-refractivity contribution in [3.8, 4) is 0 Å². The zero-order valence-corrected chi connectivity index (χ0v) is 52.9. The van der Waals surface area contributed by atoms with Gasteiger partial charge in [-0.1, -0.05) is 306 Å². The number of carbonyl (C=O) groups excluding carboxylic acids is 1. The van der Waals surface area contributed by atoms with Gasteiger partial charge >= 0.3 is 7.82 Å². The van der Waals surface area contributed by atoms with Gasteiger partial charge in [-0.15, -0.1) is 0 Å². The minimum Gasteiger partial charge on any atom is -0.387 e. The molecule has 77 heavy (non-hydrogen) atoms. The summed E-state index contributed by atoms with van der Waals surface area (Å²) in [5, 5.41) is 14.0. The van der Waals surface area contributed by atoms with E-state index in [-0.39, 0.29) is 19.1 Å². The van der Waals surface area contributed by atoms with Crippen molar-refractivity contribution in [1.29, 1.82) is 0 Å². The Kier molecular flexibility index (Phi) is 57.9. The van der Waals surface area contributed by atoms with Crippen molar-refractivity contribution in [2.24, 2.45) is 0 Å². The minimum atomic E-state index is -4.36. The second kappa shape index (κ2) is 59.1. The van der Waals surface area contributed by atoms with E-state index in [2.05, 4.69) is 55.6 Å². The Labute approximate surface area is 479 Å². The molecule has 0 spiro atoms. The van der Waals surface area contributed by atoms with Gasteiger partial charge in [0.05, 0.1) is 39.9 Å². The first-order valence-corrected chi connectivity index (χ1v) is 35.0. The molecule has 0 heterocycles. The maximum Gasteiger partial charge on any atom is 0.472 e. The lowest BCUT2D eigenvalue weighted by atomic mass is 10.0. The van der Waals surface area contributed by atoms with Crippen LogP contribution in [0.1, 0.15) is 328 Å². The maximum atomic E-state index is 13.0. The van der Waals surface area contributed by atoms with Crippen molar-refractivity contribution >= 4 is 13.7 Å². The van der Waals surface area contributed by atoms with Gasteiger partial charge in [0.15, 0.2) is 0 Å². The number of amides is 1. The van der Waals surface area contributed by atoms with Crippen molar-refractivity contribution in [1.82, 2.24) is 5.32 Å². The molecule has 0 radical (unpaired) electrons. The van der Waals surface area contributed by atoms with Crippen LogP contribution in [0.4, 0.5) is 0 Å². The fourth-order valence-electron chi connectivity index (χ4n) is 10.0. The van der Waals surface area contributed by atoms with Gasteiger partial charge in [0, 0.05) is 6.42 Å². The van der Waals surface area contributed by atoms with E-state index >= 15 is 0 Å². The third-order valence-corrected chi connectivity index (χ3v) is 16.3. The number of nitrogens with one attached hydrogen (secondary N) is 1. The van der Waals surface area contributed by atoms with E-state index in [0.29, 0.717) is 17.4 Å². The summed E-state index contributed by atoms with van der Waals surface area (Å²) < 4.78 is 23.8. The predicted molar refractivity (Wildman–Crippen MR) is 337 cm³/mol. The molecule has 0 aliphatic heterocycles. The molecule has 0 aliphatic carbocycles. The number of nitrogens with zero attached hydrogens (tertiary/aromatic N) is 1. The lowest BCUT2D eigenvalue weighted by Gasteiger charge is -2.25. The highest BCUT2D eigenvalue weighted by atomic mass is 31.2. The molecule has 3 N–H and O–H groups in total. The van der Waals surface area contributed by atoms with Crippen molar-refractivity contribution in [3.05, 3.63) is 48.6 Å². The topological polar surface area (TPSA) is 105 Å². The Balaban J connectivity index is 4.05. The smallest absolute Gasteiger partial charge is 0.387 e. The highest BCUT2D eigenvalue weighted by Gasteiger charge is 2.28. The van der Waals surface area contributed by atoms with Gasteiger partial charge in [0.2, 0.25) is 5.91 Å². The van der Waals surface area contributed by atoms with Crippen molar-refractivity contribution in [2.75, 3.05) is 40.9 Å². The number of carbonyl (C=O) groups is 1. The van der Waals surface area contributed by atoms with Crippen LogP contribution in [0.2, 0.25) is 0 Å². The summed E-state index contributed by atoms with van der Waals surface area (Å²) >= 11 is 0. The summed E-state index contributed by atoms with van der Waals surface area (Å²) in [6.07, 6.45) is 79.7. The Hall–Kier alpha value is -1.54. The van der Waals surface area contributed by atoms with E-state index in [4.69, 9.17) is 9.05 Å². The summed E-state index contributed by atoms with van der Waals surface area (Å²) in [7, 11) is 1.56. The number of aliphatic hydroxyl groups excluding tert-OH is 1. The number of rotatable bonds is 62. The monoisotopic (exact) mass is 1100 g/mol. The van der Waals surface area contributed by atoms with E-state index in [0.717, 1.165) is 44.9 Å². The van der Waals surface area contributed by atoms with E-state index in [9.17, 15) is 19.4 Å². The van der Waals surface area contributed by atoms with Gasteiger partial charge in [-0.25, -0.2) is 4.57 Å². The Morgan fingerprint density at radius 3 is 1.12 bits per heavy atom. The molecule has 8 nitrogen and oxygen atoms in total. The summed E-state index contributed by atoms with van der Waals surface area (Å²) in [6.45, 7) is 4.84. The molecular formula is C68H132N2O6P+. The molecule has 0 aliphatic rings. The van der Waals surface area contributed by atoms with Crippen LogP contribution in [-0.4, -0.2) is 73.4 Å². The third kappa shape index (κ3) is 61.9. The highest BCUT2D eigenvalue weighted by Crippen LogP contribution is 2.43. The van der Waals surface area contributed by atoms with E-state index < -0.39 is 20.0 Å². The number of hydrogen-bond donors (Lipinski definition) is 3. The van der Waals surface area contributed by atoms with E-state index in [1.807, 2.05) is 27.2 Å². The Bertz CT molecular complexity index is 1390.